The molecule has 0 spiro atoms. The Morgan fingerprint density at radius 2 is 1.56 bits per heavy atom. The predicted octanol–water partition coefficient (Wildman–Crippen LogP) is 3.02. The van der Waals surface area contributed by atoms with Gasteiger partial charge in [0, 0.05) is 26.2 Å². The lowest BCUT2D eigenvalue weighted by molar-refractivity contribution is 0.324. The zero-order valence-corrected chi connectivity index (χ0v) is 18.8. The Morgan fingerprint density at radius 1 is 0.906 bits per heavy atom. The third-order valence-corrected chi connectivity index (χ3v) is 4.38. The van der Waals surface area contributed by atoms with E-state index in [1.54, 1.807) is 44.6 Å². The molecule has 0 amide bonds. The lowest BCUT2D eigenvalue weighted by atomic mass is 10.2. The summed E-state index contributed by atoms with van der Waals surface area (Å²) in [4.78, 5) is 15.0. The Balaban J connectivity index is 1.77. The standard InChI is InChI=1S/C22H27N7O3/c1-29(2)22-26-20(23-13-15-9-7-6-8-10-15)25-21(27-22)28-24-14-16-11-17(30-3)19(32-5)18(12-16)31-4/h6-12,14H,13H2,1-5H3,(H2,23,25,26,27,28)/b24-14-. The van der Waals surface area contributed by atoms with Crippen molar-refractivity contribution in [1.29, 1.82) is 0 Å². The van der Waals surface area contributed by atoms with Crippen molar-refractivity contribution in [2.75, 3.05) is 51.1 Å². The lowest BCUT2D eigenvalue weighted by Gasteiger charge is -2.13. The fourth-order valence-electron chi connectivity index (χ4n) is 2.81. The number of hydrazone groups is 1. The molecule has 168 valence electrons. The van der Waals surface area contributed by atoms with Crippen LogP contribution in [0.1, 0.15) is 11.1 Å². The summed E-state index contributed by atoms with van der Waals surface area (Å²) in [6.07, 6.45) is 1.61. The minimum atomic E-state index is 0.308. The molecule has 3 aromatic rings. The highest BCUT2D eigenvalue weighted by molar-refractivity contribution is 5.82. The minimum Gasteiger partial charge on any atom is -0.493 e. The van der Waals surface area contributed by atoms with Crippen LogP contribution in [0.25, 0.3) is 0 Å². The van der Waals surface area contributed by atoms with Gasteiger partial charge in [0.05, 0.1) is 27.5 Å². The van der Waals surface area contributed by atoms with E-state index in [0.717, 1.165) is 11.1 Å². The zero-order valence-electron chi connectivity index (χ0n) is 18.8. The van der Waals surface area contributed by atoms with Gasteiger partial charge >= 0.3 is 0 Å². The van der Waals surface area contributed by atoms with Gasteiger partial charge in [0.2, 0.25) is 23.6 Å². The predicted molar refractivity (Wildman–Crippen MR) is 125 cm³/mol. The number of hydrogen-bond donors (Lipinski definition) is 2. The van der Waals surface area contributed by atoms with Crippen LogP contribution in [0, 0.1) is 0 Å². The van der Waals surface area contributed by atoms with Gasteiger partial charge in [0.25, 0.3) is 0 Å². The fourth-order valence-corrected chi connectivity index (χ4v) is 2.81. The summed E-state index contributed by atoms with van der Waals surface area (Å²) < 4.78 is 16.1. The number of nitrogens with one attached hydrogen (secondary N) is 2. The summed E-state index contributed by atoms with van der Waals surface area (Å²) >= 11 is 0. The quantitative estimate of drug-likeness (QED) is 0.366. The Labute approximate surface area is 187 Å². The van der Waals surface area contributed by atoms with Crippen LogP contribution in [0.3, 0.4) is 0 Å². The topological polar surface area (TPSA) is 106 Å². The summed E-state index contributed by atoms with van der Waals surface area (Å²) in [6.45, 7) is 0.589. The largest absolute Gasteiger partial charge is 0.493 e. The Bertz CT molecular complexity index is 1030. The monoisotopic (exact) mass is 437 g/mol. The van der Waals surface area contributed by atoms with E-state index in [4.69, 9.17) is 14.2 Å². The number of rotatable bonds is 10. The van der Waals surface area contributed by atoms with Crippen molar-refractivity contribution in [2.45, 2.75) is 6.54 Å². The van der Waals surface area contributed by atoms with Gasteiger partial charge in [-0.05, 0) is 17.7 Å². The van der Waals surface area contributed by atoms with Gasteiger partial charge in [0.1, 0.15) is 0 Å². The zero-order chi connectivity index (χ0) is 22.9. The molecule has 32 heavy (non-hydrogen) atoms. The number of ether oxygens (including phenoxy) is 3. The summed E-state index contributed by atoms with van der Waals surface area (Å²) in [5, 5.41) is 7.47. The smallest absolute Gasteiger partial charge is 0.250 e. The van der Waals surface area contributed by atoms with Crippen molar-refractivity contribution in [2.24, 2.45) is 5.10 Å². The van der Waals surface area contributed by atoms with E-state index in [1.807, 2.05) is 44.4 Å². The van der Waals surface area contributed by atoms with E-state index in [9.17, 15) is 0 Å². The molecule has 2 N–H and O–H groups in total. The van der Waals surface area contributed by atoms with Crippen LogP contribution in [0.4, 0.5) is 17.8 Å². The van der Waals surface area contributed by atoms with Crippen LogP contribution in [0.15, 0.2) is 47.6 Å². The van der Waals surface area contributed by atoms with Gasteiger partial charge in [0.15, 0.2) is 11.5 Å². The molecule has 0 bridgehead atoms. The SMILES string of the molecule is COc1cc(/C=N\Nc2nc(NCc3ccccc3)nc(N(C)C)n2)cc(OC)c1OC. The van der Waals surface area contributed by atoms with Gasteiger partial charge in [-0.2, -0.15) is 20.1 Å². The van der Waals surface area contributed by atoms with E-state index in [1.165, 1.54) is 0 Å². The maximum absolute atomic E-state index is 5.37. The Morgan fingerprint density at radius 3 is 2.16 bits per heavy atom. The van der Waals surface area contributed by atoms with Crippen molar-refractivity contribution >= 4 is 24.1 Å². The molecule has 1 heterocycles. The second kappa shape index (κ2) is 10.8. The molecular formula is C22H27N7O3. The van der Waals surface area contributed by atoms with E-state index >= 15 is 0 Å². The number of hydrogen-bond acceptors (Lipinski definition) is 10. The molecule has 0 radical (unpaired) electrons. The molecule has 0 aliphatic carbocycles. The third kappa shape index (κ3) is 5.75. The highest BCUT2D eigenvalue weighted by Crippen LogP contribution is 2.37. The molecule has 10 nitrogen and oxygen atoms in total. The molecule has 0 atom stereocenters. The molecule has 0 aliphatic rings. The van der Waals surface area contributed by atoms with Gasteiger partial charge < -0.3 is 24.4 Å². The molecule has 10 heteroatoms. The molecule has 0 aliphatic heterocycles. The highest BCUT2D eigenvalue weighted by atomic mass is 16.5. The molecule has 0 saturated carbocycles. The first-order valence-electron chi connectivity index (χ1n) is 9.84. The van der Waals surface area contributed by atoms with Crippen LogP contribution in [0.2, 0.25) is 0 Å². The molecule has 0 saturated heterocycles. The number of nitrogens with zero attached hydrogens (tertiary/aromatic N) is 5. The average Bonchev–Trinajstić information content (AvgIpc) is 2.82. The van der Waals surface area contributed by atoms with Gasteiger partial charge in [-0.25, -0.2) is 5.43 Å². The van der Waals surface area contributed by atoms with E-state index in [2.05, 4.69) is 30.8 Å². The first-order valence-corrected chi connectivity index (χ1v) is 9.84. The molecule has 3 rings (SSSR count). The summed E-state index contributed by atoms with van der Waals surface area (Å²) in [5.74, 6) is 2.84. The Hall–Kier alpha value is -4.08. The van der Waals surface area contributed by atoms with E-state index in [-0.39, 0.29) is 0 Å². The molecular weight excluding hydrogens is 410 g/mol. The third-order valence-electron chi connectivity index (χ3n) is 4.38. The fraction of sp³-hybridized carbons (Fsp3) is 0.273. The lowest BCUT2D eigenvalue weighted by Crippen LogP contribution is -2.16. The number of aromatic nitrogens is 3. The van der Waals surface area contributed by atoms with Gasteiger partial charge in [-0.1, -0.05) is 30.3 Å². The normalized spacial score (nSPS) is 10.7. The van der Waals surface area contributed by atoms with Crippen LogP contribution in [-0.4, -0.2) is 56.6 Å². The average molecular weight is 438 g/mol. The summed E-state index contributed by atoms with van der Waals surface area (Å²) in [5.41, 5.74) is 4.72. The first kappa shape index (κ1) is 22.6. The number of methoxy groups -OCH3 is 3. The maximum Gasteiger partial charge on any atom is 0.250 e. The van der Waals surface area contributed by atoms with Crippen molar-refractivity contribution in [3.05, 3.63) is 53.6 Å². The molecule has 2 aromatic carbocycles. The molecule has 0 unspecified atom stereocenters. The van der Waals surface area contributed by atoms with Gasteiger partial charge in [-0.3, -0.25) is 0 Å². The minimum absolute atomic E-state index is 0.308. The van der Waals surface area contributed by atoms with Gasteiger partial charge in [-0.15, -0.1) is 0 Å². The summed E-state index contributed by atoms with van der Waals surface area (Å²) in [7, 11) is 8.41. The van der Waals surface area contributed by atoms with Crippen LogP contribution in [0.5, 0.6) is 17.2 Å². The number of benzene rings is 2. The van der Waals surface area contributed by atoms with Crippen molar-refractivity contribution in [1.82, 2.24) is 15.0 Å². The summed E-state index contributed by atoms with van der Waals surface area (Å²) in [6, 6.07) is 13.6. The van der Waals surface area contributed by atoms with E-state index in [0.29, 0.717) is 41.6 Å². The van der Waals surface area contributed by atoms with E-state index < -0.39 is 0 Å². The van der Waals surface area contributed by atoms with Crippen molar-refractivity contribution < 1.29 is 14.2 Å². The first-order chi connectivity index (χ1) is 15.5. The second-order valence-electron chi connectivity index (χ2n) is 6.84. The number of anilines is 3. The maximum atomic E-state index is 5.37. The Kier molecular flexibility index (Phi) is 7.63. The van der Waals surface area contributed by atoms with Crippen molar-refractivity contribution in [3.63, 3.8) is 0 Å². The van der Waals surface area contributed by atoms with Crippen molar-refractivity contribution in [3.8, 4) is 17.2 Å². The van der Waals surface area contributed by atoms with Crippen LogP contribution in [-0.2, 0) is 6.54 Å². The van der Waals surface area contributed by atoms with Crippen LogP contribution < -0.4 is 29.9 Å². The highest BCUT2D eigenvalue weighted by Gasteiger charge is 2.12. The second-order valence-corrected chi connectivity index (χ2v) is 6.84. The molecule has 0 fully saturated rings. The van der Waals surface area contributed by atoms with Crippen LogP contribution >= 0.6 is 0 Å². The molecule has 1 aromatic heterocycles.